The molecule has 1 fully saturated rings. The summed E-state index contributed by atoms with van der Waals surface area (Å²) in [5, 5.41) is 2.09. The summed E-state index contributed by atoms with van der Waals surface area (Å²) in [4.78, 5) is 6.29. The van der Waals surface area contributed by atoms with Crippen molar-refractivity contribution in [1.82, 2.24) is 5.06 Å². The van der Waals surface area contributed by atoms with Crippen LogP contribution in [0.1, 0.15) is 40.2 Å². The molecule has 2 heterocycles. The standard InChI is InChI=1S/C28H49NO5Si2/c1-27(2,3)36(9,10)34-26(24-21-31-28(4,5)33-24)25-23(30-18-19-35(6,7)8)16-17-32-29(25)20-22-14-12-11-13-15-22/h11-16,24-26H,17-21H2,1-10H3/t24-,25+,26+/m0/s1. The van der Waals surface area contributed by atoms with E-state index in [1.807, 2.05) is 25.0 Å². The Bertz CT molecular complexity index is 876. The molecule has 2 aliphatic heterocycles. The van der Waals surface area contributed by atoms with E-state index in [1.54, 1.807) is 0 Å². The molecule has 8 heteroatoms. The Morgan fingerprint density at radius 3 is 2.31 bits per heavy atom. The van der Waals surface area contributed by atoms with E-state index in [1.165, 1.54) is 5.56 Å². The Balaban J connectivity index is 1.98. The molecule has 0 spiro atoms. The highest BCUT2D eigenvalue weighted by Gasteiger charge is 2.50. The van der Waals surface area contributed by atoms with Crippen LogP contribution in [0.3, 0.4) is 0 Å². The summed E-state index contributed by atoms with van der Waals surface area (Å²) in [6.07, 6.45) is 1.55. The van der Waals surface area contributed by atoms with Crippen molar-refractivity contribution in [3.63, 3.8) is 0 Å². The molecule has 0 saturated carbocycles. The van der Waals surface area contributed by atoms with Crippen molar-refractivity contribution in [2.45, 2.75) is 109 Å². The van der Waals surface area contributed by atoms with Gasteiger partial charge in [-0.3, -0.25) is 4.84 Å². The Morgan fingerprint density at radius 1 is 1.08 bits per heavy atom. The Labute approximate surface area is 221 Å². The first-order chi connectivity index (χ1) is 16.6. The number of nitrogens with zero attached hydrogens (tertiary/aromatic N) is 1. The van der Waals surface area contributed by atoms with Crippen molar-refractivity contribution in [3.8, 4) is 0 Å². The van der Waals surface area contributed by atoms with Crippen LogP contribution in [-0.4, -0.2) is 65.3 Å². The van der Waals surface area contributed by atoms with E-state index < -0.39 is 22.2 Å². The van der Waals surface area contributed by atoms with Gasteiger partial charge in [0.05, 0.1) is 32.5 Å². The first-order valence-electron chi connectivity index (χ1n) is 13.3. The van der Waals surface area contributed by atoms with Gasteiger partial charge in [0.25, 0.3) is 0 Å². The third-order valence-corrected chi connectivity index (χ3v) is 13.6. The molecule has 3 atom stereocenters. The summed E-state index contributed by atoms with van der Waals surface area (Å²) in [5.74, 6) is 0.273. The number of ether oxygens (including phenoxy) is 3. The molecular weight excluding hydrogens is 486 g/mol. The smallest absolute Gasteiger partial charge is 0.192 e. The van der Waals surface area contributed by atoms with E-state index in [4.69, 9.17) is 23.5 Å². The molecule has 0 aliphatic carbocycles. The molecule has 0 amide bonds. The van der Waals surface area contributed by atoms with Gasteiger partial charge in [-0.25, -0.2) is 0 Å². The fraction of sp³-hybridized carbons (Fsp3) is 0.714. The second-order valence-corrected chi connectivity index (χ2v) is 23.7. The third-order valence-electron chi connectivity index (χ3n) is 7.37. The van der Waals surface area contributed by atoms with Gasteiger partial charge in [-0.1, -0.05) is 70.7 Å². The van der Waals surface area contributed by atoms with E-state index in [0.717, 1.165) is 11.8 Å². The van der Waals surface area contributed by atoms with Crippen molar-refractivity contribution in [1.29, 1.82) is 0 Å². The molecule has 0 aromatic heterocycles. The highest BCUT2D eigenvalue weighted by atomic mass is 28.4. The zero-order chi connectivity index (χ0) is 26.8. The number of hydrogen-bond donors (Lipinski definition) is 0. The van der Waals surface area contributed by atoms with Crippen molar-refractivity contribution in [2.75, 3.05) is 19.8 Å². The summed E-state index contributed by atoms with van der Waals surface area (Å²) >= 11 is 0. The molecule has 1 saturated heterocycles. The molecule has 204 valence electrons. The van der Waals surface area contributed by atoms with Gasteiger partial charge in [0.2, 0.25) is 0 Å². The van der Waals surface area contributed by atoms with Gasteiger partial charge in [-0.15, -0.1) is 0 Å². The Hall–Kier alpha value is -1.01. The third kappa shape index (κ3) is 8.00. The van der Waals surface area contributed by atoms with E-state index in [-0.39, 0.29) is 23.3 Å². The first kappa shape index (κ1) is 29.5. The normalized spacial score (nSPS) is 24.4. The molecule has 6 nitrogen and oxygen atoms in total. The molecule has 0 N–H and O–H groups in total. The molecule has 0 radical (unpaired) electrons. The lowest BCUT2D eigenvalue weighted by atomic mass is 10.0. The van der Waals surface area contributed by atoms with Crippen molar-refractivity contribution < 1.29 is 23.5 Å². The highest BCUT2D eigenvalue weighted by molar-refractivity contribution is 6.76. The van der Waals surface area contributed by atoms with Gasteiger partial charge >= 0.3 is 0 Å². The van der Waals surface area contributed by atoms with E-state index >= 15 is 0 Å². The minimum atomic E-state index is -2.17. The summed E-state index contributed by atoms with van der Waals surface area (Å²) in [6, 6.07) is 11.3. The number of rotatable bonds is 10. The highest BCUT2D eigenvalue weighted by Crippen LogP contribution is 2.41. The Morgan fingerprint density at radius 2 is 1.75 bits per heavy atom. The topological polar surface area (TPSA) is 49.4 Å². The van der Waals surface area contributed by atoms with Gasteiger partial charge < -0.3 is 18.6 Å². The average molecular weight is 536 g/mol. The van der Waals surface area contributed by atoms with Crippen molar-refractivity contribution >= 4 is 16.4 Å². The Kier molecular flexibility index (Phi) is 9.35. The van der Waals surface area contributed by atoms with Gasteiger partial charge in [0.1, 0.15) is 17.9 Å². The van der Waals surface area contributed by atoms with Crippen LogP contribution in [0.25, 0.3) is 0 Å². The predicted molar refractivity (Wildman–Crippen MR) is 151 cm³/mol. The van der Waals surface area contributed by atoms with Crippen LogP contribution in [0.4, 0.5) is 0 Å². The minimum absolute atomic E-state index is 0.0442. The molecule has 0 bridgehead atoms. The molecule has 1 aromatic rings. The van der Waals surface area contributed by atoms with Crippen molar-refractivity contribution in [3.05, 3.63) is 47.7 Å². The van der Waals surface area contributed by atoms with Crippen LogP contribution in [0.2, 0.25) is 43.8 Å². The van der Waals surface area contributed by atoms with E-state index in [2.05, 4.69) is 83.8 Å². The van der Waals surface area contributed by atoms with Gasteiger partial charge in [0, 0.05) is 8.07 Å². The molecule has 36 heavy (non-hydrogen) atoms. The quantitative estimate of drug-likeness (QED) is 0.315. The zero-order valence-electron chi connectivity index (χ0n) is 24.2. The summed E-state index contributed by atoms with van der Waals surface area (Å²) in [6.45, 7) is 24.8. The van der Waals surface area contributed by atoms with Crippen molar-refractivity contribution in [2.24, 2.45) is 0 Å². The van der Waals surface area contributed by atoms with Gasteiger partial charge in [-0.2, -0.15) is 5.06 Å². The fourth-order valence-electron chi connectivity index (χ4n) is 4.15. The summed E-state index contributed by atoms with van der Waals surface area (Å²) < 4.78 is 26.2. The number of benzene rings is 1. The predicted octanol–water partition coefficient (Wildman–Crippen LogP) is 6.58. The second kappa shape index (κ2) is 11.4. The molecular formula is C28H49NO5Si2. The maximum atomic E-state index is 7.16. The maximum Gasteiger partial charge on any atom is 0.192 e. The lowest BCUT2D eigenvalue weighted by Gasteiger charge is -2.46. The zero-order valence-corrected chi connectivity index (χ0v) is 26.2. The van der Waals surface area contributed by atoms with Crippen LogP contribution in [0.5, 0.6) is 0 Å². The maximum absolute atomic E-state index is 7.16. The SMILES string of the molecule is CC1(C)OC[C@@H]([C@@H](O[Si](C)(C)C(C)(C)C)[C@H]2C(OCC[Si](C)(C)C)=CCON2Cc2ccccc2)O1. The number of hydroxylamine groups is 2. The number of hydrogen-bond acceptors (Lipinski definition) is 6. The second-order valence-electron chi connectivity index (χ2n) is 13.3. The van der Waals surface area contributed by atoms with E-state index in [0.29, 0.717) is 26.4 Å². The minimum Gasteiger partial charge on any atom is -0.497 e. The van der Waals surface area contributed by atoms with Crippen LogP contribution >= 0.6 is 0 Å². The average Bonchev–Trinajstić information content (AvgIpc) is 3.11. The molecule has 0 unspecified atom stereocenters. The molecule has 2 aliphatic rings. The van der Waals surface area contributed by atoms with Crippen LogP contribution in [0.15, 0.2) is 42.2 Å². The lowest BCUT2D eigenvalue weighted by molar-refractivity contribution is -0.226. The monoisotopic (exact) mass is 535 g/mol. The van der Waals surface area contributed by atoms with Crippen LogP contribution in [-0.2, 0) is 30.0 Å². The molecule has 3 rings (SSSR count). The lowest BCUT2D eigenvalue weighted by Crippen LogP contribution is -2.58. The van der Waals surface area contributed by atoms with Gasteiger partial charge in [-0.05, 0) is 49.7 Å². The first-order valence-corrected chi connectivity index (χ1v) is 20.0. The summed E-state index contributed by atoms with van der Waals surface area (Å²) in [5.41, 5.74) is 1.18. The molecule has 1 aromatic carbocycles. The van der Waals surface area contributed by atoms with Gasteiger partial charge in [0.15, 0.2) is 14.1 Å². The van der Waals surface area contributed by atoms with Crippen LogP contribution < -0.4 is 0 Å². The summed E-state index contributed by atoms with van der Waals surface area (Å²) in [7, 11) is -3.41. The van der Waals surface area contributed by atoms with Crippen LogP contribution in [0, 0.1) is 0 Å². The fourth-order valence-corrected chi connectivity index (χ4v) is 6.18. The van der Waals surface area contributed by atoms with E-state index in [9.17, 15) is 0 Å². The largest absolute Gasteiger partial charge is 0.497 e.